The number of rotatable bonds is 28. The molecule has 0 unspecified atom stereocenters. The van der Waals surface area contributed by atoms with Gasteiger partial charge in [0.15, 0.2) is 22.8 Å². The van der Waals surface area contributed by atoms with Crippen molar-refractivity contribution in [2.24, 2.45) is 0 Å². The molecule has 668 valence electrons. The van der Waals surface area contributed by atoms with E-state index in [0.717, 1.165) is 170 Å². The second kappa shape index (κ2) is 40.5. The first-order valence-corrected chi connectivity index (χ1v) is 60.1. The summed E-state index contributed by atoms with van der Waals surface area (Å²) in [5.41, 5.74) is 21.7. The van der Waals surface area contributed by atoms with Crippen molar-refractivity contribution < 1.29 is 38.0 Å². The normalized spacial score (nSPS) is 14.4. The number of aromatic nitrogens is 12. The standard InChI is InChI=1S/C37H53BrN6O4Si2.C37H54N6O4Si2.C20H17BrN6/c1-37(2,3)48-36(45)42-16-14-27(15-17-42)33-32(38)35(43(25-46-18-20-49(4,5)6)26-47-19-21-50(7,8)9)44-34(41-33)30(24-40-44)29-22-28-12-10-11-13-31(28)39-23-29;1-37(2,3)47-36(44)41-16-14-28(15-17-41)33-23-34(42(26-45-18-20-48(4,5)6)27-46-19-21-49(7,8)9)43-35(40-33)31(25-39-43)30-22-29-12-10-11-13-32(29)38-24-30;21-17-18(12-5-7-23-8-6-12)26-20-15(11-25-27(20)19(17)22)14-9-13-3-1-2-4-16(13)24-10-14/h10-14,22-24H,15-21,25-26H2,1-9H3;10-14,22-25H,15-21,26-27H2,1-9H3;1-5,9-11,23H,6-8,22H2. The van der Waals surface area contributed by atoms with Crippen LogP contribution in [0.1, 0.15) is 77.9 Å². The third-order valence-corrected chi connectivity index (χ3v) is 30.0. The molecule has 0 spiro atoms. The van der Waals surface area contributed by atoms with E-state index in [1.165, 1.54) is 5.57 Å². The van der Waals surface area contributed by atoms with Crippen LogP contribution in [-0.2, 0) is 28.4 Å². The minimum Gasteiger partial charge on any atom is -0.444 e. The Morgan fingerprint density at radius 3 is 1.25 bits per heavy atom. The predicted molar refractivity (Wildman–Crippen MR) is 528 cm³/mol. The number of fused-ring (bicyclic) bond motifs is 6. The number of nitrogens with zero attached hydrogens (tertiary/aromatic N) is 16. The first-order valence-electron chi connectivity index (χ1n) is 43.7. The summed E-state index contributed by atoms with van der Waals surface area (Å²) in [6.07, 6.45) is 19.1. The molecule has 12 aromatic rings. The maximum absolute atomic E-state index is 12.9. The minimum absolute atomic E-state index is 0.300. The minimum atomic E-state index is -1.29. The van der Waals surface area contributed by atoms with Crippen LogP contribution < -0.4 is 20.9 Å². The number of nitrogen functional groups attached to an aromatic ring is 1. The Balaban J connectivity index is 0.000000169. The molecule has 15 rings (SSSR count). The lowest BCUT2D eigenvalue weighted by atomic mass is 10.0. The number of hydrogen-bond donors (Lipinski definition) is 2. The molecule has 0 bridgehead atoms. The van der Waals surface area contributed by atoms with Crippen LogP contribution in [0.4, 0.5) is 27.0 Å². The molecule has 0 radical (unpaired) electrons. The number of carbonyl (C=O) groups excluding carboxylic acids is 2. The Morgan fingerprint density at radius 1 is 0.460 bits per heavy atom. The second-order valence-electron chi connectivity index (χ2n) is 39.4. The number of hydrogen-bond acceptors (Lipinski definition) is 21. The Kier molecular flexibility index (Phi) is 30.2. The van der Waals surface area contributed by atoms with Crippen LogP contribution >= 0.6 is 31.9 Å². The quantitative estimate of drug-likeness (QED) is 0.0262. The Bertz CT molecular complexity index is 5930. The number of para-hydroxylation sites is 3. The number of ether oxygens (including phenoxy) is 6. The molecular weight excluding hydrogens is 1780 g/mol. The van der Waals surface area contributed by atoms with Crippen molar-refractivity contribution >= 4 is 160 Å². The van der Waals surface area contributed by atoms with Crippen LogP contribution in [-0.4, -0.2) is 217 Å². The van der Waals surface area contributed by atoms with Crippen LogP contribution in [0.15, 0.2) is 161 Å². The highest BCUT2D eigenvalue weighted by molar-refractivity contribution is 9.11. The molecular formula is C94H124Br2N18O8Si4. The Morgan fingerprint density at radius 2 is 0.841 bits per heavy atom. The lowest BCUT2D eigenvalue weighted by Gasteiger charge is -2.30. The van der Waals surface area contributed by atoms with Crippen molar-refractivity contribution in [2.75, 3.05) is 108 Å². The van der Waals surface area contributed by atoms with Gasteiger partial charge in [0.1, 0.15) is 49.8 Å². The Labute approximate surface area is 761 Å². The van der Waals surface area contributed by atoms with Gasteiger partial charge in [-0.3, -0.25) is 15.0 Å². The van der Waals surface area contributed by atoms with Crippen molar-refractivity contribution in [2.45, 2.75) is 175 Å². The number of carbonyl (C=O) groups is 2. The van der Waals surface area contributed by atoms with Gasteiger partial charge in [0.25, 0.3) is 0 Å². The molecule has 9 aromatic heterocycles. The zero-order chi connectivity index (χ0) is 90.0. The molecule has 126 heavy (non-hydrogen) atoms. The van der Waals surface area contributed by atoms with E-state index in [9.17, 15) is 9.59 Å². The number of pyridine rings is 3. The highest BCUT2D eigenvalue weighted by atomic mass is 79.9. The maximum atomic E-state index is 12.9. The van der Waals surface area contributed by atoms with Gasteiger partial charge >= 0.3 is 12.2 Å². The van der Waals surface area contributed by atoms with E-state index in [1.54, 1.807) is 20.5 Å². The SMILES string of the molecule is CC(C)(C)OC(=O)N1CC=C(c2cc(N(COCC[Si](C)(C)C)COCC[Si](C)(C)C)n3ncc(-c4cnc5ccccc5c4)c3n2)CC1.CC(C)(C)OC(=O)N1CC=C(c2nc3c(-c4cnc5ccccc5c4)cnn3c(N(COCC[Si](C)(C)C)COCC[Si](C)(C)C)c2Br)CC1.Nc1c(Br)c(C2=CCNCC2)nc2c(-c3cnc4ccccc4c3)cnn12. The average Bonchev–Trinajstić information content (AvgIpc) is 1.57. The summed E-state index contributed by atoms with van der Waals surface area (Å²) in [5, 5.41) is 20.8. The maximum Gasteiger partial charge on any atom is 0.410 e. The summed E-state index contributed by atoms with van der Waals surface area (Å²) < 4.78 is 43.7. The molecule has 0 saturated carbocycles. The highest BCUT2D eigenvalue weighted by Gasteiger charge is 2.32. The third-order valence-electron chi connectivity index (χ3n) is 21.7. The molecule has 0 fully saturated rings. The van der Waals surface area contributed by atoms with Gasteiger partial charge in [0, 0.05) is 166 Å². The van der Waals surface area contributed by atoms with E-state index in [2.05, 4.69) is 196 Å². The first kappa shape index (κ1) is 94.2. The summed E-state index contributed by atoms with van der Waals surface area (Å²) in [5.74, 6) is 2.20. The number of anilines is 3. The summed E-state index contributed by atoms with van der Waals surface area (Å²) in [6, 6.07) is 37.0. The molecule has 3 aromatic carbocycles. The molecule has 0 saturated heterocycles. The van der Waals surface area contributed by atoms with E-state index in [4.69, 9.17) is 69.3 Å². The molecule has 26 nitrogen and oxygen atoms in total. The van der Waals surface area contributed by atoms with Crippen molar-refractivity contribution in [3.63, 3.8) is 0 Å². The molecule has 0 aliphatic carbocycles. The van der Waals surface area contributed by atoms with E-state index in [0.29, 0.717) is 104 Å². The number of benzene rings is 3. The van der Waals surface area contributed by atoms with E-state index in [1.807, 2.05) is 136 Å². The van der Waals surface area contributed by atoms with Crippen molar-refractivity contribution in [3.8, 4) is 33.4 Å². The number of nitrogens with two attached hydrogens (primary N) is 1. The van der Waals surface area contributed by atoms with Crippen molar-refractivity contribution in [1.82, 2.24) is 73.9 Å². The number of nitrogens with one attached hydrogen (secondary N) is 1. The third kappa shape index (κ3) is 24.9. The monoisotopic (exact) mass is 1900 g/mol. The van der Waals surface area contributed by atoms with Crippen LogP contribution in [0.5, 0.6) is 0 Å². The molecule has 32 heteroatoms. The summed E-state index contributed by atoms with van der Waals surface area (Å²) in [6.45, 7) is 47.6. The second-order valence-corrected chi connectivity index (χ2v) is 63.4. The van der Waals surface area contributed by atoms with Gasteiger partial charge in [-0.2, -0.15) is 28.8 Å². The molecule has 3 N–H and O–H groups in total. The van der Waals surface area contributed by atoms with Gasteiger partial charge in [-0.15, -0.1) is 0 Å². The molecule has 3 aliphatic rings. The molecule has 12 heterocycles. The van der Waals surface area contributed by atoms with Gasteiger partial charge < -0.3 is 59.1 Å². The fraction of sp³-hybridized carbons (Fsp3) is 0.436. The van der Waals surface area contributed by atoms with Crippen LogP contribution in [0.2, 0.25) is 103 Å². The van der Waals surface area contributed by atoms with Gasteiger partial charge in [-0.1, -0.05) is 151 Å². The van der Waals surface area contributed by atoms with Crippen molar-refractivity contribution in [3.05, 3.63) is 178 Å². The zero-order valence-corrected chi connectivity index (χ0v) is 83.7. The smallest absolute Gasteiger partial charge is 0.410 e. The largest absolute Gasteiger partial charge is 0.444 e. The summed E-state index contributed by atoms with van der Waals surface area (Å²) >= 11 is 7.59. The summed E-state index contributed by atoms with van der Waals surface area (Å²) in [4.78, 5) is 62.9. The van der Waals surface area contributed by atoms with Crippen LogP contribution in [0.3, 0.4) is 0 Å². The van der Waals surface area contributed by atoms with Gasteiger partial charge in [-0.25, -0.2) is 24.5 Å². The average molecular weight is 1910 g/mol. The van der Waals surface area contributed by atoms with Gasteiger partial charge in [0.2, 0.25) is 0 Å². The van der Waals surface area contributed by atoms with E-state index >= 15 is 0 Å². The van der Waals surface area contributed by atoms with Crippen LogP contribution in [0.25, 0.3) is 99.8 Å². The van der Waals surface area contributed by atoms with Gasteiger partial charge in [-0.05, 0) is 177 Å². The summed E-state index contributed by atoms with van der Waals surface area (Å²) in [7, 11) is -5.10. The zero-order valence-electron chi connectivity index (χ0n) is 76.5. The number of amides is 2. The lowest BCUT2D eigenvalue weighted by Crippen LogP contribution is -2.39. The van der Waals surface area contributed by atoms with E-state index in [-0.39, 0.29) is 12.2 Å². The fourth-order valence-corrected chi connectivity index (χ4v) is 18.7. The van der Waals surface area contributed by atoms with Crippen LogP contribution in [0, 0.1) is 0 Å². The van der Waals surface area contributed by atoms with Crippen molar-refractivity contribution in [1.29, 1.82) is 0 Å². The number of halogens is 2. The molecule has 3 aliphatic heterocycles. The van der Waals surface area contributed by atoms with Gasteiger partial charge in [0.05, 0.1) is 61.2 Å². The molecule has 0 atom stereocenters. The topological polar surface area (TPSA) is 270 Å². The van der Waals surface area contributed by atoms with E-state index < -0.39 is 43.5 Å². The molecule has 2 amide bonds. The first-order chi connectivity index (χ1) is 59.8. The Hall–Kier alpha value is -9.46. The fourth-order valence-electron chi connectivity index (χ4n) is 14.4. The lowest BCUT2D eigenvalue weighted by molar-refractivity contribution is 0.0260. The predicted octanol–water partition coefficient (Wildman–Crippen LogP) is 21.2. The highest BCUT2D eigenvalue weighted by Crippen LogP contribution is 2.41.